The van der Waals surface area contributed by atoms with Gasteiger partial charge in [0.05, 0.1) is 28.6 Å². The normalized spacial score (nSPS) is 15.6. The van der Waals surface area contributed by atoms with Gasteiger partial charge in [0.25, 0.3) is 5.56 Å². The summed E-state index contributed by atoms with van der Waals surface area (Å²) in [4.78, 5) is 34.8. The van der Waals surface area contributed by atoms with Gasteiger partial charge in [0.15, 0.2) is 5.65 Å². The molecule has 220 valence electrons. The van der Waals surface area contributed by atoms with Crippen LogP contribution in [0.4, 0.5) is 27.8 Å². The smallest absolute Gasteiger partial charge is 0.405 e. The van der Waals surface area contributed by atoms with E-state index in [0.29, 0.717) is 11.1 Å². The first kappa shape index (κ1) is 26.8. The second-order valence-electron chi connectivity index (χ2n) is 10.4. The molecule has 3 aromatic heterocycles. The number of benzene rings is 2. The minimum Gasteiger partial charge on any atom is -0.435 e. The molecule has 1 fully saturated rings. The summed E-state index contributed by atoms with van der Waals surface area (Å²) in [5, 5.41) is 10.6. The van der Waals surface area contributed by atoms with Crippen LogP contribution in [-0.2, 0) is 16.9 Å². The Bertz CT molecular complexity index is 1980. The van der Waals surface area contributed by atoms with Crippen LogP contribution in [0.3, 0.4) is 0 Å². The molecule has 0 atom stereocenters. The highest BCUT2D eigenvalue weighted by Crippen LogP contribution is 2.49. The number of anilines is 1. The fourth-order valence-electron chi connectivity index (χ4n) is 5.48. The van der Waals surface area contributed by atoms with Crippen LogP contribution in [0.25, 0.3) is 38.9 Å². The van der Waals surface area contributed by atoms with Crippen molar-refractivity contribution >= 4 is 33.8 Å². The first-order valence-electron chi connectivity index (χ1n) is 13.1. The molecule has 2 aliphatic rings. The van der Waals surface area contributed by atoms with Crippen LogP contribution in [0.15, 0.2) is 59.5 Å². The highest BCUT2D eigenvalue weighted by Gasteiger charge is 2.51. The first-order valence-corrected chi connectivity index (χ1v) is 13.1. The molecular formula is C28H20F5N7O3. The van der Waals surface area contributed by atoms with Crippen molar-refractivity contribution < 1.29 is 31.5 Å². The predicted molar refractivity (Wildman–Crippen MR) is 144 cm³/mol. The summed E-state index contributed by atoms with van der Waals surface area (Å²) in [6.07, 6.45) is -1.87. The maximum atomic E-state index is 14.1. The van der Waals surface area contributed by atoms with Crippen molar-refractivity contribution in [3.8, 4) is 22.6 Å². The van der Waals surface area contributed by atoms with E-state index >= 15 is 0 Å². The molecule has 7 rings (SSSR count). The van der Waals surface area contributed by atoms with E-state index in [1.807, 2.05) is 6.07 Å². The van der Waals surface area contributed by atoms with Crippen LogP contribution in [-0.4, -0.2) is 49.6 Å². The van der Waals surface area contributed by atoms with Crippen molar-refractivity contribution in [2.45, 2.75) is 37.7 Å². The number of fused-ring (bicyclic) bond motifs is 5. The van der Waals surface area contributed by atoms with Crippen LogP contribution in [0, 0.1) is 0 Å². The minimum atomic E-state index is -4.52. The van der Waals surface area contributed by atoms with Gasteiger partial charge in [-0.15, -0.1) is 0 Å². The van der Waals surface area contributed by atoms with Crippen LogP contribution >= 0.6 is 0 Å². The molecule has 5 aromatic rings. The van der Waals surface area contributed by atoms with E-state index in [1.54, 1.807) is 16.8 Å². The molecule has 2 aromatic carbocycles. The lowest BCUT2D eigenvalue weighted by Crippen LogP contribution is -2.44. The predicted octanol–water partition coefficient (Wildman–Crippen LogP) is 4.49. The summed E-state index contributed by atoms with van der Waals surface area (Å²) in [5.41, 5.74) is 1.50. The molecule has 0 radical (unpaired) electrons. The number of nitrogens with zero attached hydrogens (tertiary/aromatic N) is 5. The number of pyridine rings is 1. The number of hydrogen-bond acceptors (Lipinski definition) is 7. The largest absolute Gasteiger partial charge is 0.435 e. The summed E-state index contributed by atoms with van der Waals surface area (Å²) < 4.78 is 71.2. The average Bonchev–Trinajstić information content (AvgIpc) is 3.59. The van der Waals surface area contributed by atoms with E-state index in [2.05, 4.69) is 30.4 Å². The average molecular weight is 598 g/mol. The summed E-state index contributed by atoms with van der Waals surface area (Å²) >= 11 is 0. The fourth-order valence-corrected chi connectivity index (χ4v) is 5.48. The number of nitrogens with one attached hydrogen (secondary N) is 2. The second-order valence-corrected chi connectivity index (χ2v) is 10.4. The molecule has 1 aliphatic heterocycles. The van der Waals surface area contributed by atoms with E-state index in [-0.39, 0.29) is 46.4 Å². The fraction of sp³-hybridized carbons (Fsp3) is 0.250. The highest BCUT2D eigenvalue weighted by molar-refractivity contribution is 5.92. The third-order valence-corrected chi connectivity index (χ3v) is 7.42. The molecule has 15 heteroatoms. The standard InChI is InChI=1S/C28H20F5N7O3/c29-26(30)43-16-4-2-15(3-5-16)40-24-20(34-11-21(36-24)35-13-28(31,32)33)10-17(25(40)42)14-1-6-19-18(9-14)23-27(7-8-27)37-22(41)12-39(23)38-19/h1-6,9-11,26H,7-8,12-13H2,(H,35,36)(H,37,41). The zero-order valence-corrected chi connectivity index (χ0v) is 22.0. The second kappa shape index (κ2) is 9.47. The molecule has 1 spiro atoms. The van der Waals surface area contributed by atoms with Crippen molar-refractivity contribution in [2.24, 2.45) is 0 Å². The van der Waals surface area contributed by atoms with E-state index in [1.165, 1.54) is 30.3 Å². The van der Waals surface area contributed by atoms with E-state index in [0.717, 1.165) is 34.7 Å². The third-order valence-electron chi connectivity index (χ3n) is 7.42. The van der Waals surface area contributed by atoms with Crippen molar-refractivity contribution in [3.05, 3.63) is 70.8 Å². The van der Waals surface area contributed by atoms with Gasteiger partial charge in [0, 0.05) is 10.9 Å². The Balaban J connectivity index is 1.40. The maximum Gasteiger partial charge on any atom is 0.405 e. The molecule has 43 heavy (non-hydrogen) atoms. The molecule has 4 heterocycles. The lowest BCUT2D eigenvalue weighted by molar-refractivity contribution is -0.124. The molecular weight excluding hydrogens is 577 g/mol. The lowest BCUT2D eigenvalue weighted by atomic mass is 10.00. The molecule has 0 unspecified atom stereocenters. The number of amides is 1. The number of rotatable bonds is 6. The van der Waals surface area contributed by atoms with Gasteiger partial charge in [-0.25, -0.2) is 9.97 Å². The Morgan fingerprint density at radius 2 is 1.81 bits per heavy atom. The Morgan fingerprint density at radius 1 is 1.05 bits per heavy atom. The zero-order chi connectivity index (χ0) is 30.1. The zero-order valence-electron chi connectivity index (χ0n) is 22.0. The van der Waals surface area contributed by atoms with Gasteiger partial charge < -0.3 is 15.4 Å². The Morgan fingerprint density at radius 3 is 2.51 bits per heavy atom. The summed E-state index contributed by atoms with van der Waals surface area (Å²) in [5.74, 6) is -0.487. The quantitative estimate of drug-likeness (QED) is 0.277. The van der Waals surface area contributed by atoms with Gasteiger partial charge in [0.2, 0.25) is 5.91 Å². The summed E-state index contributed by atoms with van der Waals surface area (Å²) in [6.45, 7) is -4.35. The maximum absolute atomic E-state index is 14.1. The van der Waals surface area contributed by atoms with E-state index < -0.39 is 30.4 Å². The Labute approximate surface area is 238 Å². The van der Waals surface area contributed by atoms with Crippen LogP contribution in [0.5, 0.6) is 5.75 Å². The monoisotopic (exact) mass is 597 g/mol. The molecule has 1 aliphatic carbocycles. The van der Waals surface area contributed by atoms with Crippen LogP contribution in [0.1, 0.15) is 18.5 Å². The minimum absolute atomic E-state index is 0.0490. The van der Waals surface area contributed by atoms with Gasteiger partial charge in [-0.1, -0.05) is 6.07 Å². The van der Waals surface area contributed by atoms with Gasteiger partial charge >= 0.3 is 12.8 Å². The number of ether oxygens (including phenoxy) is 1. The number of halogens is 5. The van der Waals surface area contributed by atoms with E-state index in [4.69, 9.17) is 0 Å². The number of alkyl halides is 5. The first-order chi connectivity index (χ1) is 20.5. The summed E-state index contributed by atoms with van der Waals surface area (Å²) in [7, 11) is 0. The van der Waals surface area contributed by atoms with Gasteiger partial charge in [0.1, 0.15) is 30.2 Å². The molecule has 10 nitrogen and oxygen atoms in total. The molecule has 1 amide bonds. The third kappa shape index (κ3) is 4.79. The Kier molecular flexibility index (Phi) is 5.90. The van der Waals surface area contributed by atoms with Crippen molar-refractivity contribution in [3.63, 3.8) is 0 Å². The molecule has 0 bridgehead atoms. The topological polar surface area (TPSA) is 116 Å². The molecule has 0 saturated heterocycles. The van der Waals surface area contributed by atoms with Gasteiger partial charge in [-0.3, -0.25) is 18.8 Å². The number of carbonyl (C=O) groups excluding carboxylic acids is 1. The highest BCUT2D eigenvalue weighted by atomic mass is 19.4. The SMILES string of the molecule is O=C1Cn2nc3ccc(-c4cc5ncc(NCC(F)(F)F)nc5n(-c5ccc(OC(F)F)cc5)c4=O)cc3c2C2(CC2)N1. The number of aromatic nitrogens is 5. The number of hydrogen-bond donors (Lipinski definition) is 2. The molecule has 1 saturated carbocycles. The summed E-state index contributed by atoms with van der Waals surface area (Å²) in [6, 6.07) is 11.9. The van der Waals surface area contributed by atoms with Crippen molar-refractivity contribution in [1.29, 1.82) is 0 Å². The van der Waals surface area contributed by atoms with Crippen LogP contribution < -0.4 is 20.9 Å². The van der Waals surface area contributed by atoms with Gasteiger partial charge in [-0.05, 0) is 60.9 Å². The van der Waals surface area contributed by atoms with Crippen molar-refractivity contribution in [2.75, 3.05) is 11.9 Å². The number of carbonyl (C=O) groups is 1. The van der Waals surface area contributed by atoms with Crippen molar-refractivity contribution in [1.82, 2.24) is 29.6 Å². The lowest BCUT2D eigenvalue weighted by Gasteiger charge is -2.24. The van der Waals surface area contributed by atoms with E-state index in [9.17, 15) is 31.5 Å². The van der Waals surface area contributed by atoms with Crippen LogP contribution in [0.2, 0.25) is 0 Å². The van der Waals surface area contributed by atoms with Gasteiger partial charge in [-0.2, -0.15) is 27.1 Å². The Hall–Kier alpha value is -5.08. The molecule has 2 N–H and O–H groups in total.